The highest BCUT2D eigenvalue weighted by Crippen LogP contribution is 2.38. The Morgan fingerprint density at radius 2 is 1.55 bits per heavy atom. The molecule has 0 atom stereocenters. The quantitative estimate of drug-likeness (QED) is 0.361. The van der Waals surface area contributed by atoms with Gasteiger partial charge in [0.15, 0.2) is 0 Å². The van der Waals surface area contributed by atoms with Crippen LogP contribution in [0.15, 0.2) is 54.6 Å². The van der Waals surface area contributed by atoms with Gasteiger partial charge in [-0.15, -0.1) is 0 Å². The molecule has 0 aliphatic heterocycles. The predicted molar refractivity (Wildman–Crippen MR) is 87.5 cm³/mol. The Labute approximate surface area is 117 Å². The van der Waals surface area contributed by atoms with Crippen LogP contribution >= 0.6 is 0 Å². The highest BCUT2D eigenvalue weighted by molar-refractivity contribution is 6.24. The second-order valence-corrected chi connectivity index (χ2v) is 5.74. The summed E-state index contributed by atoms with van der Waals surface area (Å²) in [7, 11) is 0. The van der Waals surface area contributed by atoms with Crippen LogP contribution in [0, 0.1) is 0 Å². The molecule has 4 aromatic carbocycles. The lowest BCUT2D eigenvalue weighted by molar-refractivity contribution is 0.998. The van der Waals surface area contributed by atoms with Crippen molar-refractivity contribution in [2.45, 2.75) is 12.8 Å². The molecule has 20 heavy (non-hydrogen) atoms. The monoisotopic (exact) mass is 254 g/mol. The molecule has 0 amide bonds. The van der Waals surface area contributed by atoms with Gasteiger partial charge in [-0.2, -0.15) is 0 Å². The molecular weight excluding hydrogens is 240 g/mol. The van der Waals surface area contributed by atoms with Crippen molar-refractivity contribution < 1.29 is 0 Å². The fourth-order valence-electron chi connectivity index (χ4n) is 3.76. The molecule has 5 rings (SSSR count). The van der Waals surface area contributed by atoms with Gasteiger partial charge in [-0.25, -0.2) is 0 Å². The van der Waals surface area contributed by atoms with Crippen LogP contribution in [0.4, 0.5) is 0 Å². The number of benzene rings is 4. The normalized spacial score (nSPS) is 14.4. The first-order valence-electron chi connectivity index (χ1n) is 7.28. The summed E-state index contributed by atoms with van der Waals surface area (Å²) in [6.45, 7) is 0. The van der Waals surface area contributed by atoms with Gasteiger partial charge < -0.3 is 0 Å². The summed E-state index contributed by atoms with van der Waals surface area (Å²) in [5.74, 6) is 0. The van der Waals surface area contributed by atoms with E-state index in [1.807, 2.05) is 0 Å². The highest BCUT2D eigenvalue weighted by atomic mass is 14.2. The first-order chi connectivity index (χ1) is 9.92. The molecule has 4 aromatic rings. The smallest absolute Gasteiger partial charge is 0.00236 e. The van der Waals surface area contributed by atoms with E-state index in [1.165, 1.54) is 49.9 Å². The highest BCUT2D eigenvalue weighted by Gasteiger charge is 2.14. The number of rotatable bonds is 0. The predicted octanol–water partition coefficient (Wildman–Crippen LogP) is 5.54. The molecule has 0 saturated carbocycles. The van der Waals surface area contributed by atoms with Gasteiger partial charge in [-0.05, 0) is 62.4 Å². The summed E-state index contributed by atoms with van der Waals surface area (Å²) < 4.78 is 0. The van der Waals surface area contributed by atoms with E-state index in [1.54, 1.807) is 0 Å². The number of hydrogen-bond acceptors (Lipinski definition) is 0. The van der Waals surface area contributed by atoms with E-state index < -0.39 is 0 Å². The minimum absolute atomic E-state index is 1.16. The van der Waals surface area contributed by atoms with Crippen LogP contribution < -0.4 is 0 Å². The van der Waals surface area contributed by atoms with Crippen LogP contribution in [0.5, 0.6) is 0 Å². The molecule has 0 saturated heterocycles. The van der Waals surface area contributed by atoms with Gasteiger partial charge in [0.1, 0.15) is 0 Å². The SMILES string of the molecule is C1=Cc2cc3ccc4cccc5ccc(c2CC1)c3c45. The van der Waals surface area contributed by atoms with E-state index >= 15 is 0 Å². The lowest BCUT2D eigenvalue weighted by Gasteiger charge is -2.18. The van der Waals surface area contributed by atoms with Crippen LogP contribution in [-0.2, 0) is 6.42 Å². The Hall–Kier alpha value is -2.34. The minimum Gasteiger partial charge on any atom is -0.0836 e. The van der Waals surface area contributed by atoms with Gasteiger partial charge in [-0.3, -0.25) is 0 Å². The molecule has 1 aliphatic rings. The molecule has 0 fully saturated rings. The van der Waals surface area contributed by atoms with Gasteiger partial charge in [0, 0.05) is 0 Å². The maximum absolute atomic E-state index is 2.36. The van der Waals surface area contributed by atoms with Gasteiger partial charge in [0.2, 0.25) is 0 Å². The standard InChI is InChI=1S/C20H14/c1-2-7-17-15(4-1)12-16-9-8-13-5-3-6-14-10-11-18(17)20(16)19(13)14/h1,3-6,8-12H,2,7H2. The second kappa shape index (κ2) is 3.61. The molecule has 1 aliphatic carbocycles. The molecule has 0 bridgehead atoms. The van der Waals surface area contributed by atoms with Crippen molar-refractivity contribution in [3.8, 4) is 0 Å². The Balaban J connectivity index is 2.13. The molecule has 0 spiro atoms. The van der Waals surface area contributed by atoms with E-state index in [-0.39, 0.29) is 0 Å². The third-order valence-electron chi connectivity index (χ3n) is 4.65. The summed E-state index contributed by atoms with van der Waals surface area (Å²) in [6.07, 6.45) is 6.91. The molecular formula is C20H14. The molecule has 0 radical (unpaired) electrons. The summed E-state index contributed by atoms with van der Waals surface area (Å²) in [5.41, 5.74) is 2.93. The number of fused-ring (bicyclic) bond motifs is 2. The molecule has 94 valence electrons. The maximum Gasteiger partial charge on any atom is -0.00236 e. The zero-order valence-corrected chi connectivity index (χ0v) is 11.2. The fourth-order valence-corrected chi connectivity index (χ4v) is 3.76. The fraction of sp³-hybridized carbons (Fsp3) is 0.100. The first-order valence-corrected chi connectivity index (χ1v) is 7.28. The van der Waals surface area contributed by atoms with Crippen LogP contribution in [0.2, 0.25) is 0 Å². The summed E-state index contributed by atoms with van der Waals surface area (Å²) in [4.78, 5) is 0. The average Bonchev–Trinajstić information content (AvgIpc) is 2.52. The third-order valence-corrected chi connectivity index (χ3v) is 4.65. The Morgan fingerprint density at radius 1 is 0.750 bits per heavy atom. The molecule has 0 aromatic heterocycles. The van der Waals surface area contributed by atoms with Crippen molar-refractivity contribution in [2.24, 2.45) is 0 Å². The Bertz CT molecular complexity index is 973. The van der Waals surface area contributed by atoms with E-state index in [0.29, 0.717) is 0 Å². The van der Waals surface area contributed by atoms with Crippen molar-refractivity contribution in [1.82, 2.24) is 0 Å². The van der Waals surface area contributed by atoms with Crippen LogP contribution in [0.25, 0.3) is 38.4 Å². The molecule has 0 N–H and O–H groups in total. The number of hydrogen-bond donors (Lipinski definition) is 0. The maximum atomic E-state index is 2.36. The van der Waals surface area contributed by atoms with Gasteiger partial charge in [0.05, 0.1) is 0 Å². The van der Waals surface area contributed by atoms with E-state index in [2.05, 4.69) is 60.7 Å². The van der Waals surface area contributed by atoms with Crippen molar-refractivity contribution in [3.63, 3.8) is 0 Å². The van der Waals surface area contributed by atoms with Crippen LogP contribution in [-0.4, -0.2) is 0 Å². The Kier molecular flexibility index (Phi) is 1.88. The van der Waals surface area contributed by atoms with Crippen molar-refractivity contribution in [2.75, 3.05) is 0 Å². The van der Waals surface area contributed by atoms with Gasteiger partial charge >= 0.3 is 0 Å². The zero-order valence-electron chi connectivity index (χ0n) is 11.2. The molecule has 0 heterocycles. The Morgan fingerprint density at radius 3 is 2.45 bits per heavy atom. The van der Waals surface area contributed by atoms with Crippen LogP contribution in [0.3, 0.4) is 0 Å². The van der Waals surface area contributed by atoms with Crippen molar-refractivity contribution in [1.29, 1.82) is 0 Å². The lowest BCUT2D eigenvalue weighted by Crippen LogP contribution is -1.97. The largest absolute Gasteiger partial charge is 0.0836 e. The van der Waals surface area contributed by atoms with E-state index in [0.717, 1.165) is 6.42 Å². The molecule has 0 heteroatoms. The van der Waals surface area contributed by atoms with Crippen LogP contribution in [0.1, 0.15) is 17.5 Å². The third kappa shape index (κ3) is 1.21. The first kappa shape index (κ1) is 10.4. The summed E-state index contributed by atoms with van der Waals surface area (Å²) in [5, 5.41) is 8.41. The zero-order chi connectivity index (χ0) is 13.1. The van der Waals surface area contributed by atoms with E-state index in [4.69, 9.17) is 0 Å². The summed E-state index contributed by atoms with van der Waals surface area (Å²) >= 11 is 0. The number of allylic oxidation sites excluding steroid dienone is 1. The van der Waals surface area contributed by atoms with Crippen molar-refractivity contribution in [3.05, 3.63) is 65.7 Å². The minimum atomic E-state index is 1.16. The van der Waals surface area contributed by atoms with E-state index in [9.17, 15) is 0 Å². The van der Waals surface area contributed by atoms with Gasteiger partial charge in [0.25, 0.3) is 0 Å². The molecule has 0 nitrogen and oxygen atoms in total. The summed E-state index contributed by atoms with van der Waals surface area (Å²) in [6, 6.07) is 18.1. The van der Waals surface area contributed by atoms with Gasteiger partial charge in [-0.1, -0.05) is 54.6 Å². The topological polar surface area (TPSA) is 0 Å². The lowest BCUT2D eigenvalue weighted by atomic mass is 9.86. The molecule has 0 unspecified atom stereocenters. The number of aryl methyl sites for hydroxylation is 1. The van der Waals surface area contributed by atoms with Crippen molar-refractivity contribution >= 4 is 38.4 Å². The average molecular weight is 254 g/mol. The second-order valence-electron chi connectivity index (χ2n) is 5.74.